The second-order valence-electron chi connectivity index (χ2n) is 6.91. The molecule has 7 nitrogen and oxygen atoms in total. The lowest BCUT2D eigenvalue weighted by Crippen LogP contribution is -2.37. The minimum atomic E-state index is -0.307. The van der Waals surface area contributed by atoms with E-state index >= 15 is 0 Å². The Balaban J connectivity index is 1.50. The highest BCUT2D eigenvalue weighted by Gasteiger charge is 2.17. The molecule has 3 rings (SSSR count). The van der Waals surface area contributed by atoms with E-state index < -0.39 is 0 Å². The molecule has 0 saturated heterocycles. The number of ether oxygens (including phenoxy) is 1. The van der Waals surface area contributed by atoms with Gasteiger partial charge < -0.3 is 20.3 Å². The number of likely N-dealkylation sites (N-methyl/N-ethyl adjacent to an activating group) is 1. The number of carbonyl (C=O) groups excluding carboxylic acids is 3. The quantitative estimate of drug-likeness (QED) is 0.694. The Labute approximate surface area is 177 Å². The van der Waals surface area contributed by atoms with Gasteiger partial charge in [-0.3, -0.25) is 14.4 Å². The third-order valence-electron chi connectivity index (χ3n) is 4.60. The molecule has 2 aromatic rings. The van der Waals surface area contributed by atoms with E-state index in [9.17, 15) is 14.4 Å². The zero-order valence-corrected chi connectivity index (χ0v) is 17.8. The van der Waals surface area contributed by atoms with Crippen LogP contribution >= 0.6 is 15.9 Å². The Morgan fingerprint density at radius 1 is 1.21 bits per heavy atom. The normalized spacial score (nSPS) is 12.6. The highest BCUT2D eigenvalue weighted by molar-refractivity contribution is 9.10. The van der Waals surface area contributed by atoms with E-state index in [4.69, 9.17) is 4.74 Å². The summed E-state index contributed by atoms with van der Waals surface area (Å²) >= 11 is 3.38. The maximum atomic E-state index is 12.3. The molecule has 29 heavy (non-hydrogen) atoms. The average Bonchev–Trinajstić information content (AvgIpc) is 2.68. The van der Waals surface area contributed by atoms with Crippen LogP contribution in [0.1, 0.15) is 17.5 Å². The number of anilines is 2. The summed E-state index contributed by atoms with van der Waals surface area (Å²) in [5.41, 5.74) is 3.38. The van der Waals surface area contributed by atoms with E-state index in [0.717, 1.165) is 21.3 Å². The van der Waals surface area contributed by atoms with Crippen molar-refractivity contribution in [3.63, 3.8) is 0 Å². The minimum absolute atomic E-state index is 0.000390. The standard InChI is InChI=1S/C21H22BrN3O4/c1-13-9-15(22)4-6-17(13)23-20(27)11-25(2)21(28)12-29-16-5-7-18-14(10-16)3-8-19(26)24-18/h4-7,9-10H,3,8,11-12H2,1-2H3,(H,23,27)(H,24,26). The van der Waals surface area contributed by atoms with Gasteiger partial charge in [-0.15, -0.1) is 0 Å². The summed E-state index contributed by atoms with van der Waals surface area (Å²) in [6.45, 7) is 1.65. The first-order chi connectivity index (χ1) is 13.8. The van der Waals surface area contributed by atoms with E-state index in [0.29, 0.717) is 24.3 Å². The van der Waals surface area contributed by atoms with Crippen molar-refractivity contribution in [3.8, 4) is 5.75 Å². The number of halogens is 1. The molecule has 3 amide bonds. The number of nitrogens with one attached hydrogen (secondary N) is 2. The van der Waals surface area contributed by atoms with E-state index in [1.54, 1.807) is 25.2 Å². The molecule has 0 fully saturated rings. The molecule has 0 bridgehead atoms. The van der Waals surface area contributed by atoms with Gasteiger partial charge in [-0.25, -0.2) is 0 Å². The van der Waals surface area contributed by atoms with Crippen molar-refractivity contribution in [3.05, 3.63) is 52.0 Å². The van der Waals surface area contributed by atoms with Gasteiger partial charge in [0, 0.05) is 29.3 Å². The van der Waals surface area contributed by atoms with Crippen molar-refractivity contribution in [1.29, 1.82) is 0 Å². The highest BCUT2D eigenvalue weighted by Crippen LogP contribution is 2.26. The summed E-state index contributed by atoms with van der Waals surface area (Å²) in [5, 5.41) is 5.61. The minimum Gasteiger partial charge on any atom is -0.484 e. The van der Waals surface area contributed by atoms with E-state index in [2.05, 4.69) is 26.6 Å². The van der Waals surface area contributed by atoms with Crippen molar-refractivity contribution in [1.82, 2.24) is 4.90 Å². The predicted molar refractivity (Wildman–Crippen MR) is 114 cm³/mol. The summed E-state index contributed by atoms with van der Waals surface area (Å²) in [6.07, 6.45) is 1.08. The van der Waals surface area contributed by atoms with E-state index in [1.165, 1.54) is 4.90 Å². The molecule has 2 N–H and O–H groups in total. The van der Waals surface area contributed by atoms with Gasteiger partial charge in [-0.05, 0) is 60.9 Å². The second kappa shape index (κ2) is 9.09. The lowest BCUT2D eigenvalue weighted by atomic mass is 10.0. The van der Waals surface area contributed by atoms with Crippen LogP contribution < -0.4 is 15.4 Å². The molecule has 0 aromatic heterocycles. The van der Waals surface area contributed by atoms with Gasteiger partial charge >= 0.3 is 0 Å². The molecule has 0 radical (unpaired) electrons. The molecule has 1 aliphatic heterocycles. The topological polar surface area (TPSA) is 87.7 Å². The van der Waals surface area contributed by atoms with Crippen LogP contribution in [0.5, 0.6) is 5.75 Å². The van der Waals surface area contributed by atoms with Crippen molar-refractivity contribution in [2.45, 2.75) is 19.8 Å². The number of aryl methyl sites for hydroxylation is 2. The van der Waals surface area contributed by atoms with Crippen LogP contribution in [-0.2, 0) is 20.8 Å². The van der Waals surface area contributed by atoms with Crippen molar-refractivity contribution in [2.75, 3.05) is 30.8 Å². The van der Waals surface area contributed by atoms with E-state index in [-0.39, 0.29) is 30.9 Å². The summed E-state index contributed by atoms with van der Waals surface area (Å²) in [4.78, 5) is 37.3. The lowest BCUT2D eigenvalue weighted by molar-refractivity contribution is -0.135. The molecule has 152 valence electrons. The van der Waals surface area contributed by atoms with Crippen molar-refractivity contribution < 1.29 is 19.1 Å². The molecule has 1 aliphatic rings. The fourth-order valence-corrected chi connectivity index (χ4v) is 3.44. The fraction of sp³-hybridized carbons (Fsp3) is 0.286. The van der Waals surface area contributed by atoms with Crippen molar-refractivity contribution >= 4 is 45.0 Å². The number of hydrogen-bond acceptors (Lipinski definition) is 4. The number of benzene rings is 2. The highest BCUT2D eigenvalue weighted by atomic mass is 79.9. The van der Waals surface area contributed by atoms with Crippen LogP contribution in [-0.4, -0.2) is 42.8 Å². The zero-order valence-electron chi connectivity index (χ0n) is 16.3. The third-order valence-corrected chi connectivity index (χ3v) is 5.10. The monoisotopic (exact) mass is 459 g/mol. The van der Waals surface area contributed by atoms with E-state index in [1.807, 2.05) is 25.1 Å². The average molecular weight is 460 g/mol. The summed E-state index contributed by atoms with van der Waals surface area (Å²) in [7, 11) is 1.56. The Morgan fingerprint density at radius 2 is 2.00 bits per heavy atom. The molecule has 8 heteroatoms. The Hall–Kier alpha value is -2.87. The molecule has 0 aliphatic carbocycles. The van der Waals surface area contributed by atoms with Gasteiger partial charge in [-0.2, -0.15) is 0 Å². The SMILES string of the molecule is Cc1cc(Br)ccc1NC(=O)CN(C)C(=O)COc1ccc2c(c1)CCC(=O)N2. The number of rotatable bonds is 6. The first kappa shape index (κ1) is 20.9. The van der Waals surface area contributed by atoms with Gasteiger partial charge in [-0.1, -0.05) is 15.9 Å². The van der Waals surface area contributed by atoms with Gasteiger partial charge in [0.05, 0.1) is 6.54 Å². The first-order valence-corrected chi connectivity index (χ1v) is 9.96. The van der Waals surface area contributed by atoms with Gasteiger partial charge in [0.1, 0.15) is 5.75 Å². The van der Waals surface area contributed by atoms with Gasteiger partial charge in [0.25, 0.3) is 5.91 Å². The molecular formula is C21H22BrN3O4. The Morgan fingerprint density at radius 3 is 2.76 bits per heavy atom. The van der Waals surface area contributed by atoms with Crippen LogP contribution in [0.4, 0.5) is 11.4 Å². The predicted octanol–water partition coefficient (Wildman–Crippen LogP) is 3.12. The van der Waals surface area contributed by atoms with Crippen LogP contribution in [0.3, 0.4) is 0 Å². The summed E-state index contributed by atoms with van der Waals surface area (Å²) in [6, 6.07) is 10.9. The number of amides is 3. The Kier molecular flexibility index (Phi) is 6.53. The molecule has 0 unspecified atom stereocenters. The van der Waals surface area contributed by atoms with Crippen LogP contribution in [0.25, 0.3) is 0 Å². The van der Waals surface area contributed by atoms with Crippen LogP contribution in [0.15, 0.2) is 40.9 Å². The number of fused-ring (bicyclic) bond motifs is 1. The zero-order chi connectivity index (χ0) is 21.0. The van der Waals surface area contributed by atoms with Crippen molar-refractivity contribution in [2.24, 2.45) is 0 Å². The maximum Gasteiger partial charge on any atom is 0.260 e. The Bertz CT molecular complexity index is 961. The van der Waals surface area contributed by atoms with Gasteiger partial charge in [0.15, 0.2) is 6.61 Å². The van der Waals surface area contributed by atoms with Gasteiger partial charge in [0.2, 0.25) is 11.8 Å². The lowest BCUT2D eigenvalue weighted by Gasteiger charge is -2.19. The number of nitrogens with zero attached hydrogens (tertiary/aromatic N) is 1. The smallest absolute Gasteiger partial charge is 0.260 e. The maximum absolute atomic E-state index is 12.3. The molecule has 0 saturated carbocycles. The third kappa shape index (κ3) is 5.57. The molecule has 0 atom stereocenters. The number of carbonyl (C=O) groups is 3. The second-order valence-corrected chi connectivity index (χ2v) is 7.83. The molecule has 1 heterocycles. The van der Waals surface area contributed by atoms with Crippen LogP contribution in [0, 0.1) is 6.92 Å². The van der Waals surface area contributed by atoms with Crippen LogP contribution in [0.2, 0.25) is 0 Å². The number of hydrogen-bond donors (Lipinski definition) is 2. The summed E-state index contributed by atoms with van der Waals surface area (Å²) < 4.78 is 6.51. The largest absolute Gasteiger partial charge is 0.484 e. The first-order valence-electron chi connectivity index (χ1n) is 9.17. The molecular weight excluding hydrogens is 438 g/mol. The molecule has 0 spiro atoms. The summed E-state index contributed by atoms with van der Waals surface area (Å²) in [5.74, 6) is -0.0364. The fourth-order valence-electron chi connectivity index (χ4n) is 2.97. The molecule has 2 aromatic carbocycles.